The van der Waals surface area contributed by atoms with Crippen molar-refractivity contribution in [2.45, 2.75) is 273 Å². The second kappa shape index (κ2) is 37.6. The van der Waals surface area contributed by atoms with E-state index in [1.165, 1.54) is 99.7 Å². The summed E-state index contributed by atoms with van der Waals surface area (Å²) in [6, 6.07) is 36.4. The highest BCUT2D eigenvalue weighted by Gasteiger charge is 2.38. The molecule has 1 aliphatic heterocycles. The summed E-state index contributed by atoms with van der Waals surface area (Å²) in [4.78, 5) is 53.5. The molecule has 8 aromatic rings. The first-order valence-electron chi connectivity index (χ1n) is 40.8. The zero-order chi connectivity index (χ0) is 74.9. The number of aromatic nitrogens is 6. The van der Waals surface area contributed by atoms with Crippen LogP contribution in [0.3, 0.4) is 0 Å². The van der Waals surface area contributed by atoms with Gasteiger partial charge in [-0.05, 0) is 212 Å². The molecule has 7 aliphatic rings. The zero-order valence-electron chi connectivity index (χ0n) is 63.4. The number of carbonyl (C=O) groups is 4. The van der Waals surface area contributed by atoms with Crippen molar-refractivity contribution in [3.05, 3.63) is 229 Å². The average molecular weight is 1480 g/mol. The number of hydrogen-bond acceptors (Lipinski definition) is 9. The van der Waals surface area contributed by atoms with Crippen LogP contribution in [-0.2, 0) is 54.5 Å². The molecule has 4 heterocycles. The van der Waals surface area contributed by atoms with Gasteiger partial charge in [0.05, 0.1) is 31.3 Å². The van der Waals surface area contributed by atoms with Gasteiger partial charge in [-0.2, -0.15) is 15.3 Å². The number of hydrogen-bond donors (Lipinski definition) is 3. The Morgan fingerprint density at radius 3 is 1.11 bits per heavy atom. The maximum Gasteiger partial charge on any atom is 0.328 e. The van der Waals surface area contributed by atoms with Gasteiger partial charge in [0.15, 0.2) is 17.1 Å². The van der Waals surface area contributed by atoms with Crippen LogP contribution in [0.1, 0.15) is 315 Å². The molecular formula is C89H110F4N10O5. The molecule has 3 aromatic heterocycles. The van der Waals surface area contributed by atoms with Crippen molar-refractivity contribution < 1.29 is 41.5 Å². The third-order valence-electron chi connectivity index (χ3n) is 24.0. The van der Waals surface area contributed by atoms with Crippen LogP contribution in [0.5, 0.6) is 0 Å². The fraction of sp³-hybridized carbons (Fsp3) is 0.517. The summed E-state index contributed by atoms with van der Waals surface area (Å²) in [5, 5.41) is 23.2. The molecule has 3 amide bonds. The van der Waals surface area contributed by atoms with Gasteiger partial charge in [0.25, 0.3) is 17.7 Å². The number of halogens is 4. The Kier molecular flexibility index (Phi) is 27.0. The van der Waals surface area contributed by atoms with E-state index in [1.54, 1.807) is 36.4 Å². The van der Waals surface area contributed by atoms with E-state index < -0.39 is 17.9 Å². The number of benzene rings is 5. The van der Waals surface area contributed by atoms with E-state index in [4.69, 9.17) is 20.0 Å². The van der Waals surface area contributed by atoms with Crippen LogP contribution in [0.25, 0.3) is 0 Å². The molecular weight excluding hydrogens is 1370 g/mol. The smallest absolute Gasteiger partial charge is 0.328 e. The molecule has 0 radical (unpaired) electrons. The van der Waals surface area contributed by atoms with E-state index in [0.29, 0.717) is 46.6 Å². The highest BCUT2D eigenvalue weighted by atomic mass is 19.1. The van der Waals surface area contributed by atoms with Crippen molar-refractivity contribution in [2.24, 2.45) is 0 Å². The molecule has 15 nitrogen and oxygen atoms in total. The average Bonchev–Trinajstić information content (AvgIpc) is 1.63. The maximum absolute atomic E-state index is 13.8. The lowest BCUT2D eigenvalue weighted by atomic mass is 9.89. The first kappa shape index (κ1) is 77.4. The molecule has 3 N–H and O–H groups in total. The third kappa shape index (κ3) is 19.6. The normalized spacial score (nSPS) is 20.0. The van der Waals surface area contributed by atoms with Crippen molar-refractivity contribution >= 4 is 23.7 Å². The molecule has 574 valence electrons. The Bertz CT molecular complexity index is 4250. The number of esters is 1. The second-order valence-electron chi connectivity index (χ2n) is 31.6. The molecule has 19 heteroatoms. The number of hydrazine groups is 1. The van der Waals surface area contributed by atoms with Crippen LogP contribution < -0.4 is 16.1 Å². The van der Waals surface area contributed by atoms with Gasteiger partial charge in [0, 0.05) is 71.0 Å². The van der Waals surface area contributed by atoms with E-state index >= 15 is 0 Å². The van der Waals surface area contributed by atoms with E-state index in [0.717, 1.165) is 213 Å². The van der Waals surface area contributed by atoms with E-state index in [9.17, 15) is 36.7 Å². The van der Waals surface area contributed by atoms with Crippen LogP contribution in [0, 0.1) is 23.3 Å². The molecule has 0 spiro atoms. The number of ether oxygens (including phenoxy) is 1. The summed E-state index contributed by atoms with van der Waals surface area (Å²) in [5.41, 5.74) is 16.9. The lowest BCUT2D eigenvalue weighted by molar-refractivity contribution is -0.142. The van der Waals surface area contributed by atoms with E-state index in [2.05, 4.69) is 35.1 Å². The number of nitrogens with one attached hydrogen (secondary N) is 3. The minimum Gasteiger partial charge on any atom is -0.467 e. The Hall–Kier alpha value is -8.71. The van der Waals surface area contributed by atoms with Gasteiger partial charge in [0.2, 0.25) is 0 Å². The van der Waals surface area contributed by atoms with Gasteiger partial charge in [-0.3, -0.25) is 33.9 Å². The summed E-state index contributed by atoms with van der Waals surface area (Å²) >= 11 is 0. The summed E-state index contributed by atoms with van der Waals surface area (Å²) in [5.74, 6) is -1.31. The fourth-order valence-corrected chi connectivity index (χ4v) is 18.4. The number of carbonyl (C=O) groups excluding carboxylic acids is 4. The monoisotopic (exact) mass is 1470 g/mol. The van der Waals surface area contributed by atoms with E-state index in [1.807, 2.05) is 73.7 Å². The third-order valence-corrected chi connectivity index (χ3v) is 24.0. The minimum absolute atomic E-state index is 0.0369. The van der Waals surface area contributed by atoms with Crippen molar-refractivity contribution in [1.29, 1.82) is 0 Å². The summed E-state index contributed by atoms with van der Waals surface area (Å²) < 4.78 is 65.7. The highest BCUT2D eigenvalue weighted by Crippen LogP contribution is 2.44. The number of fused-ring (bicyclic) bond motifs is 3. The van der Waals surface area contributed by atoms with Gasteiger partial charge < -0.3 is 15.4 Å². The molecule has 5 aromatic carbocycles. The Balaban J connectivity index is 0.000000144. The van der Waals surface area contributed by atoms with Crippen molar-refractivity contribution in [3.63, 3.8) is 0 Å². The van der Waals surface area contributed by atoms with E-state index in [-0.39, 0.29) is 59.5 Å². The van der Waals surface area contributed by atoms with Crippen LogP contribution in [0.2, 0.25) is 0 Å². The summed E-state index contributed by atoms with van der Waals surface area (Å²) in [6.45, 7) is 3.87. The SMILES string of the molecule is COC(=O)[C@H](Cc1ccc(F)cc1)NC(=O)c1nn(C2CCCCC2)c2c1CCCCC2Cc1ccc(F)cc1.C[C@H](NC(=O)c1nn(C2CCCCC2)c2c1CCCCC2Cc1ccc(F)cc1)c1ccccc1.O=C(NN1CCCCC1)c1nn(C2CCCCC2)c2c1CCCCC2Cc1ccc(F)cc1. The van der Waals surface area contributed by atoms with Crippen molar-refractivity contribution in [3.8, 4) is 0 Å². The Labute approximate surface area is 635 Å². The molecule has 15 rings (SSSR count). The molecule has 0 bridgehead atoms. The first-order chi connectivity index (χ1) is 52.7. The Morgan fingerprint density at radius 2 is 0.741 bits per heavy atom. The Morgan fingerprint density at radius 1 is 0.407 bits per heavy atom. The topological polar surface area (TPSA) is 170 Å². The van der Waals surface area contributed by atoms with Gasteiger partial charge in [-0.15, -0.1) is 0 Å². The fourth-order valence-electron chi connectivity index (χ4n) is 18.4. The minimum atomic E-state index is -0.931. The second-order valence-corrected chi connectivity index (χ2v) is 31.6. The van der Waals surface area contributed by atoms with Crippen molar-refractivity contribution in [2.75, 3.05) is 20.2 Å². The lowest BCUT2D eigenvalue weighted by Crippen LogP contribution is -2.45. The number of methoxy groups -OCH3 is 1. The number of nitrogens with zero attached hydrogens (tertiary/aromatic N) is 7. The van der Waals surface area contributed by atoms with Gasteiger partial charge >= 0.3 is 5.97 Å². The predicted molar refractivity (Wildman–Crippen MR) is 413 cm³/mol. The van der Waals surface area contributed by atoms with Gasteiger partial charge in [-0.1, -0.05) is 162 Å². The predicted octanol–water partition coefficient (Wildman–Crippen LogP) is 19.0. The lowest BCUT2D eigenvalue weighted by Gasteiger charge is -2.27. The summed E-state index contributed by atoms with van der Waals surface area (Å²) in [6.07, 6.45) is 35.8. The number of piperidine rings is 1. The molecule has 3 saturated carbocycles. The number of amides is 3. The zero-order valence-corrected chi connectivity index (χ0v) is 63.4. The molecule has 108 heavy (non-hydrogen) atoms. The van der Waals surface area contributed by atoms with Gasteiger partial charge in [-0.25, -0.2) is 27.4 Å². The first-order valence-corrected chi connectivity index (χ1v) is 40.8. The van der Waals surface area contributed by atoms with Crippen molar-refractivity contribution in [1.82, 2.24) is 50.4 Å². The molecule has 3 unspecified atom stereocenters. The van der Waals surface area contributed by atoms with Crippen LogP contribution >= 0.6 is 0 Å². The van der Waals surface area contributed by atoms with Crippen LogP contribution in [0.15, 0.2) is 127 Å². The molecule has 1 saturated heterocycles. The molecule has 6 aliphatic carbocycles. The highest BCUT2D eigenvalue weighted by molar-refractivity contribution is 5.97. The maximum atomic E-state index is 13.8. The molecule has 5 atom stereocenters. The summed E-state index contributed by atoms with van der Waals surface area (Å²) in [7, 11) is 1.29. The number of rotatable bonds is 19. The van der Waals surface area contributed by atoms with Crippen LogP contribution in [-0.4, -0.2) is 84.3 Å². The largest absolute Gasteiger partial charge is 0.467 e. The molecule has 4 fully saturated rings. The van der Waals surface area contributed by atoms with Crippen LogP contribution in [0.4, 0.5) is 17.6 Å². The van der Waals surface area contributed by atoms with Gasteiger partial charge in [0.1, 0.15) is 29.3 Å². The standard InChI is InChI=1S/C32H37F2N3O3.C30H36FN3O.C27H37FN4O/c1-40-32(39)28(20-22-13-17-25(34)18-14-22)35-31(38)29-27-10-6-5-7-23(19-21-11-15-24(33)16-12-21)30(27)37(36-29)26-8-3-2-4-9-26;1-21(23-10-4-2-5-11-23)32-30(35)28-27-15-9-8-12-24(20-22-16-18-25(31)19-17-22)29(27)34(33-28)26-13-6-3-7-14-26;28-22-15-13-20(14-16-22)19-21-9-5-6-12-24-25(27(33)30-31-17-7-2-8-18-31)29-32(26(21)24)23-10-3-1-4-11-23/h11-18,23,26,28H,2-10,19-20H2,1H3,(H,35,38);2,4-5,10-11,16-19,21,24,26H,3,6-9,12-15,20H2,1H3,(H,32,35);13-16,21,23H,1-12,17-19H2,(H,30,33)/t23?,28-;21-,24?;/m00./s1. The quantitative estimate of drug-likeness (QED) is 0.0405.